The molecule has 0 bridgehead atoms. The highest BCUT2D eigenvalue weighted by Crippen LogP contribution is 2.34. The van der Waals surface area contributed by atoms with E-state index in [1.54, 1.807) is 42.3 Å². The summed E-state index contributed by atoms with van der Waals surface area (Å²) in [5, 5.41) is 12.1. The van der Waals surface area contributed by atoms with Crippen molar-refractivity contribution in [2.75, 3.05) is 17.4 Å². The minimum absolute atomic E-state index is 0.0747. The molecule has 0 saturated heterocycles. The fourth-order valence-corrected chi connectivity index (χ4v) is 2.66. The summed E-state index contributed by atoms with van der Waals surface area (Å²) < 4.78 is 0. The largest absolute Gasteiger partial charge is 0.355 e. The lowest BCUT2D eigenvalue weighted by Crippen LogP contribution is -2.30. The van der Waals surface area contributed by atoms with Crippen LogP contribution in [0.4, 0.5) is 23.0 Å². The first-order valence-electron chi connectivity index (χ1n) is 8.07. The van der Waals surface area contributed by atoms with E-state index in [2.05, 4.69) is 20.8 Å². The van der Waals surface area contributed by atoms with E-state index in [-0.39, 0.29) is 17.3 Å². The molecule has 3 rings (SSSR count). The number of para-hydroxylation sites is 1. The zero-order valence-corrected chi connectivity index (χ0v) is 15.4. The van der Waals surface area contributed by atoms with Gasteiger partial charge in [0.05, 0.1) is 4.92 Å². The lowest BCUT2D eigenvalue weighted by Gasteiger charge is -2.19. The molecule has 0 atom stereocenters. The Balaban J connectivity index is 1.87. The third-order valence-electron chi connectivity index (χ3n) is 3.83. The fraction of sp³-hybridized carbons (Fsp3) is 0.0556. The zero-order chi connectivity index (χ0) is 20.1. The standard InChI is InChI=1S/C18H15ClN6O3/c1-24(14-8-3-2-4-9-14)17-15(25(27)28)16(20-11-21-17)22-23-18(26)12-6-5-7-13(19)10-12/h2-11H,1H3,(H,23,26)(H,20,21,22). The van der Waals surface area contributed by atoms with E-state index in [9.17, 15) is 14.9 Å². The molecule has 9 nitrogen and oxygen atoms in total. The van der Waals surface area contributed by atoms with Crippen LogP contribution >= 0.6 is 11.6 Å². The Morgan fingerprint density at radius 3 is 2.57 bits per heavy atom. The minimum Gasteiger partial charge on any atom is -0.324 e. The van der Waals surface area contributed by atoms with Gasteiger partial charge in [-0.25, -0.2) is 9.97 Å². The maximum Gasteiger partial charge on any atom is 0.355 e. The summed E-state index contributed by atoms with van der Waals surface area (Å²) in [6.07, 6.45) is 1.18. The lowest BCUT2D eigenvalue weighted by atomic mass is 10.2. The number of nitro groups is 1. The SMILES string of the molecule is CN(c1ccccc1)c1ncnc(NNC(=O)c2cccc(Cl)c2)c1[N+](=O)[O-]. The average Bonchev–Trinajstić information content (AvgIpc) is 2.71. The Bertz CT molecular complexity index is 1020. The van der Waals surface area contributed by atoms with Crippen molar-refractivity contribution in [3.05, 3.63) is 81.6 Å². The van der Waals surface area contributed by atoms with Gasteiger partial charge in [-0.15, -0.1) is 0 Å². The lowest BCUT2D eigenvalue weighted by molar-refractivity contribution is -0.383. The third-order valence-corrected chi connectivity index (χ3v) is 4.06. The van der Waals surface area contributed by atoms with Gasteiger partial charge in [0, 0.05) is 23.3 Å². The van der Waals surface area contributed by atoms with E-state index in [1.807, 2.05) is 18.2 Å². The number of hydrogen-bond donors (Lipinski definition) is 2. The van der Waals surface area contributed by atoms with E-state index in [0.29, 0.717) is 16.3 Å². The highest BCUT2D eigenvalue weighted by molar-refractivity contribution is 6.30. The molecule has 2 aromatic carbocycles. The summed E-state index contributed by atoms with van der Waals surface area (Å²) in [5.41, 5.74) is 5.50. The van der Waals surface area contributed by atoms with Crippen molar-refractivity contribution in [2.24, 2.45) is 0 Å². The van der Waals surface area contributed by atoms with Crippen LogP contribution in [-0.4, -0.2) is 27.8 Å². The number of aromatic nitrogens is 2. The number of benzene rings is 2. The van der Waals surface area contributed by atoms with Crippen LogP contribution in [0.2, 0.25) is 5.02 Å². The molecule has 0 fully saturated rings. The summed E-state index contributed by atoms with van der Waals surface area (Å²) in [7, 11) is 1.65. The number of carbonyl (C=O) groups is 1. The summed E-state index contributed by atoms with van der Waals surface area (Å²) in [6.45, 7) is 0. The van der Waals surface area contributed by atoms with E-state index >= 15 is 0 Å². The first-order valence-corrected chi connectivity index (χ1v) is 8.45. The number of anilines is 3. The molecular weight excluding hydrogens is 384 g/mol. The molecule has 0 aliphatic heterocycles. The number of rotatable bonds is 6. The van der Waals surface area contributed by atoms with Crippen LogP contribution in [0.1, 0.15) is 10.4 Å². The molecule has 1 heterocycles. The highest BCUT2D eigenvalue weighted by Gasteiger charge is 2.26. The molecule has 0 aliphatic carbocycles. The Hall–Kier alpha value is -3.72. The van der Waals surface area contributed by atoms with Crippen LogP contribution in [0.3, 0.4) is 0 Å². The molecule has 1 amide bonds. The second kappa shape index (κ2) is 8.31. The number of carbonyl (C=O) groups excluding carboxylic acids is 1. The first kappa shape index (κ1) is 19.1. The summed E-state index contributed by atoms with van der Waals surface area (Å²) in [6, 6.07) is 15.3. The van der Waals surface area contributed by atoms with Gasteiger partial charge in [0.2, 0.25) is 11.6 Å². The Morgan fingerprint density at radius 1 is 1.14 bits per heavy atom. The van der Waals surface area contributed by atoms with Crippen molar-refractivity contribution < 1.29 is 9.72 Å². The van der Waals surface area contributed by atoms with E-state index < -0.39 is 10.8 Å². The second-order valence-corrected chi connectivity index (χ2v) is 6.07. The molecule has 28 heavy (non-hydrogen) atoms. The van der Waals surface area contributed by atoms with Gasteiger partial charge in [-0.2, -0.15) is 0 Å². The molecular formula is C18H15ClN6O3. The smallest absolute Gasteiger partial charge is 0.324 e. The Morgan fingerprint density at radius 2 is 1.89 bits per heavy atom. The number of halogens is 1. The van der Waals surface area contributed by atoms with Gasteiger partial charge < -0.3 is 4.90 Å². The van der Waals surface area contributed by atoms with Crippen molar-refractivity contribution in [2.45, 2.75) is 0 Å². The molecule has 10 heteroatoms. The predicted octanol–water partition coefficient (Wildman–Crippen LogP) is 3.56. The number of hydrazine groups is 1. The molecule has 3 aromatic rings. The summed E-state index contributed by atoms with van der Waals surface area (Å²) >= 11 is 5.87. The normalized spacial score (nSPS) is 10.2. The topological polar surface area (TPSA) is 113 Å². The van der Waals surface area contributed by atoms with Crippen LogP contribution in [0, 0.1) is 10.1 Å². The zero-order valence-electron chi connectivity index (χ0n) is 14.7. The molecule has 0 spiro atoms. The number of hydrogen-bond acceptors (Lipinski definition) is 7. The Labute approximate surface area is 165 Å². The minimum atomic E-state index is -0.608. The van der Waals surface area contributed by atoms with Crippen molar-refractivity contribution in [1.29, 1.82) is 0 Å². The van der Waals surface area contributed by atoms with Gasteiger partial charge in [-0.3, -0.25) is 25.8 Å². The van der Waals surface area contributed by atoms with Gasteiger partial charge in [0.15, 0.2) is 0 Å². The maximum absolute atomic E-state index is 12.2. The van der Waals surface area contributed by atoms with Gasteiger partial charge in [0.25, 0.3) is 5.91 Å². The predicted molar refractivity (Wildman–Crippen MR) is 106 cm³/mol. The summed E-state index contributed by atoms with van der Waals surface area (Å²) in [5.74, 6) is -0.591. The van der Waals surface area contributed by atoms with Crippen molar-refractivity contribution in [1.82, 2.24) is 15.4 Å². The van der Waals surface area contributed by atoms with Crippen molar-refractivity contribution in [3.8, 4) is 0 Å². The van der Waals surface area contributed by atoms with Crippen LogP contribution in [-0.2, 0) is 0 Å². The number of nitrogens with one attached hydrogen (secondary N) is 2. The third kappa shape index (κ3) is 4.15. The van der Waals surface area contributed by atoms with Crippen molar-refractivity contribution >= 4 is 40.5 Å². The first-order chi connectivity index (χ1) is 13.5. The van der Waals surface area contributed by atoms with Crippen molar-refractivity contribution in [3.63, 3.8) is 0 Å². The molecule has 142 valence electrons. The molecule has 0 saturated carbocycles. The van der Waals surface area contributed by atoms with Gasteiger partial charge in [-0.1, -0.05) is 35.9 Å². The molecule has 2 N–H and O–H groups in total. The van der Waals surface area contributed by atoms with Gasteiger partial charge in [0.1, 0.15) is 6.33 Å². The van der Waals surface area contributed by atoms with Crippen LogP contribution in [0.15, 0.2) is 60.9 Å². The Kier molecular flexibility index (Phi) is 5.66. The molecule has 0 aliphatic rings. The monoisotopic (exact) mass is 398 g/mol. The molecule has 1 aromatic heterocycles. The number of amides is 1. The van der Waals surface area contributed by atoms with Gasteiger partial charge in [-0.05, 0) is 30.3 Å². The van der Waals surface area contributed by atoms with E-state index in [4.69, 9.17) is 11.6 Å². The number of nitrogens with zero attached hydrogens (tertiary/aromatic N) is 4. The average molecular weight is 399 g/mol. The van der Waals surface area contributed by atoms with E-state index in [0.717, 1.165) is 0 Å². The van der Waals surface area contributed by atoms with Crippen LogP contribution in [0.25, 0.3) is 0 Å². The van der Waals surface area contributed by atoms with Crippen LogP contribution < -0.4 is 15.8 Å². The highest BCUT2D eigenvalue weighted by atomic mass is 35.5. The van der Waals surface area contributed by atoms with Gasteiger partial charge >= 0.3 is 5.69 Å². The maximum atomic E-state index is 12.2. The van der Waals surface area contributed by atoms with E-state index in [1.165, 1.54) is 12.4 Å². The molecule has 0 radical (unpaired) electrons. The molecule has 0 unspecified atom stereocenters. The quantitative estimate of drug-likeness (QED) is 0.482. The summed E-state index contributed by atoms with van der Waals surface area (Å²) in [4.78, 5) is 32.8. The fourth-order valence-electron chi connectivity index (χ4n) is 2.47. The van der Waals surface area contributed by atoms with Crippen LogP contribution in [0.5, 0.6) is 0 Å². The second-order valence-electron chi connectivity index (χ2n) is 5.64.